The molecule has 0 radical (unpaired) electrons. The van der Waals surface area contributed by atoms with E-state index in [2.05, 4.69) is 9.44 Å². The molecule has 5 N–H and O–H groups in total. The van der Waals surface area contributed by atoms with Crippen molar-refractivity contribution in [3.05, 3.63) is 117 Å². The number of nitrogens with one attached hydrogen (secondary N) is 2. The highest BCUT2D eigenvalue weighted by molar-refractivity contribution is 7.88. The van der Waals surface area contributed by atoms with Gasteiger partial charge in [0.15, 0.2) is 0 Å². The van der Waals surface area contributed by atoms with E-state index in [0.29, 0.717) is 28.1 Å². The van der Waals surface area contributed by atoms with Crippen molar-refractivity contribution in [1.82, 2.24) is 32.1 Å². The average molecular weight is 1190 g/mol. The van der Waals surface area contributed by atoms with Crippen molar-refractivity contribution in [3.63, 3.8) is 0 Å². The molecule has 4 aliphatic rings. The third-order valence-corrected chi connectivity index (χ3v) is 18.8. The molecular weight excluding hydrogens is 1120 g/mol. The van der Waals surface area contributed by atoms with Gasteiger partial charge in [-0.05, 0) is 133 Å². The average Bonchev–Trinajstić information content (AvgIpc) is 1.65. The van der Waals surface area contributed by atoms with E-state index in [-0.39, 0.29) is 47.2 Å². The predicted octanol–water partition coefficient (Wildman–Crippen LogP) is 7.68. The molecule has 6 aromatic rings. The number of ether oxygens (including phenoxy) is 2. The zero-order valence-electron chi connectivity index (χ0n) is 47.4. The van der Waals surface area contributed by atoms with Crippen LogP contribution in [0.2, 0.25) is 0 Å². The Morgan fingerprint density at radius 2 is 0.940 bits per heavy atom. The smallest absolute Gasteiger partial charge is 0.333 e. The summed E-state index contributed by atoms with van der Waals surface area (Å²) < 4.78 is 70.2. The number of methoxy groups -OCH3 is 2. The summed E-state index contributed by atoms with van der Waals surface area (Å²) in [5.74, 6) is -4.47. The van der Waals surface area contributed by atoms with Crippen LogP contribution in [0.1, 0.15) is 119 Å². The van der Waals surface area contributed by atoms with Crippen molar-refractivity contribution < 1.29 is 70.4 Å². The van der Waals surface area contributed by atoms with Crippen molar-refractivity contribution in [2.75, 3.05) is 55.5 Å². The second kappa shape index (κ2) is 24.5. The number of amides is 3. The first-order valence-corrected chi connectivity index (χ1v) is 30.3. The van der Waals surface area contributed by atoms with Crippen molar-refractivity contribution in [2.45, 2.75) is 89.1 Å². The summed E-state index contributed by atoms with van der Waals surface area (Å²) in [7, 11) is 0.341. The molecule has 22 nitrogen and oxygen atoms in total. The second-order valence-electron chi connectivity index (χ2n) is 21.8. The van der Waals surface area contributed by atoms with Gasteiger partial charge in [-0.1, -0.05) is 50.7 Å². The summed E-state index contributed by atoms with van der Waals surface area (Å²) in [4.78, 5) is 76.3. The molecule has 0 atom stereocenters. The predicted molar refractivity (Wildman–Crippen MR) is 315 cm³/mol. The Kier molecular flexibility index (Phi) is 17.6. The molecule has 2 fully saturated rings. The molecule has 0 spiro atoms. The van der Waals surface area contributed by atoms with Crippen LogP contribution in [0.25, 0.3) is 56.5 Å². The summed E-state index contributed by atoms with van der Waals surface area (Å²) in [6.07, 6.45) is 13.9. The molecule has 4 heterocycles. The maximum absolute atomic E-state index is 13.9. The zero-order chi connectivity index (χ0) is 60.5. The monoisotopic (exact) mass is 1190 g/mol. The molecule has 10 rings (SSSR count). The van der Waals surface area contributed by atoms with Crippen molar-refractivity contribution in [3.8, 4) is 34.0 Å². The fourth-order valence-corrected chi connectivity index (χ4v) is 13.0. The van der Waals surface area contributed by atoms with E-state index in [9.17, 15) is 60.9 Å². The van der Waals surface area contributed by atoms with Crippen LogP contribution in [0.15, 0.2) is 83.9 Å². The lowest BCUT2D eigenvalue weighted by Gasteiger charge is -2.24. The normalized spacial score (nSPS) is 15.4. The lowest BCUT2D eigenvalue weighted by atomic mass is 9.81. The van der Waals surface area contributed by atoms with Crippen LogP contribution in [0, 0.1) is 0 Å². The van der Waals surface area contributed by atoms with Gasteiger partial charge >= 0.3 is 38.3 Å². The number of carboxylic acids is 3. The molecule has 444 valence electrons. The molecule has 2 aliphatic heterocycles. The Hall–Kier alpha value is -8.32. The van der Waals surface area contributed by atoms with E-state index >= 15 is 0 Å². The molecule has 84 heavy (non-hydrogen) atoms. The van der Waals surface area contributed by atoms with Crippen LogP contribution in [-0.4, -0.2) is 146 Å². The molecule has 4 aromatic carbocycles. The highest BCUT2D eigenvalue weighted by atomic mass is 32.2. The largest absolute Gasteiger partial charge is 0.497 e. The number of fused-ring (bicyclic) bond motifs is 10. The minimum absolute atomic E-state index is 0.0643. The Morgan fingerprint density at radius 1 is 0.548 bits per heavy atom. The Balaban J connectivity index is 0.000000205. The zero-order valence-corrected chi connectivity index (χ0v) is 49.1. The summed E-state index contributed by atoms with van der Waals surface area (Å²) in [6, 6.07) is 21.3. The summed E-state index contributed by atoms with van der Waals surface area (Å²) in [5.41, 5.74) is 8.91. The number of nitrogens with zero attached hydrogens (tertiary/aromatic N) is 5. The van der Waals surface area contributed by atoms with Crippen molar-refractivity contribution in [1.29, 1.82) is 0 Å². The molecule has 2 saturated carbocycles. The van der Waals surface area contributed by atoms with Gasteiger partial charge in [-0.3, -0.25) is 24.0 Å². The van der Waals surface area contributed by atoms with E-state index in [4.69, 9.17) is 9.47 Å². The fourth-order valence-electron chi connectivity index (χ4n) is 11.9. The maximum atomic E-state index is 13.9. The SMILES string of the molecule is COc1ccc2c(c1)C=C(C(=O)N(CC(=O)O)CC(=O)O)Cn1c-2c(C2CCCCC2)c2ccc(C(=O)NS(=O)(=O)N(C)C)cc21.COc1ccc2c(c1)C=C(C(=O)O)Cn1c-2c(C2CCCCC2)c2ccc(C(=O)NS(=O)(=O)N(C)C)cc21. The molecule has 3 amide bonds. The molecule has 0 unspecified atom stereocenters. The van der Waals surface area contributed by atoms with Gasteiger partial charge in [0.05, 0.1) is 44.3 Å². The number of carbonyl (C=O) groups is 6. The van der Waals surface area contributed by atoms with E-state index in [0.717, 1.165) is 121 Å². The molecule has 24 heteroatoms. The van der Waals surface area contributed by atoms with Crippen LogP contribution in [0.3, 0.4) is 0 Å². The third-order valence-electron chi connectivity index (χ3n) is 16.0. The summed E-state index contributed by atoms with van der Waals surface area (Å²) >= 11 is 0. The standard InChI is InChI=1S/C32H36N4O9S.C28H31N3O6S/c1-34(2)46(43,44)33-31(41)20-9-11-25-26(15-20)36-16-22(32(42)35(17-27(37)38)18-28(39)40)13-21-14-23(45-3)10-12-24(21)30(36)29(25)19-7-5-4-6-8-19;1-30(2)38(35,36)29-27(32)18-9-11-23-24(15-18)31-16-20(28(33)34)13-19-14-21(37-3)10-12-22(19)26(31)25(23)17-7-5-4-6-8-17/h9-15,19H,4-8,16-18H2,1-3H3,(H,33,41)(H,37,38)(H,39,40);9-15,17H,4-8,16H2,1-3H3,(H,29,32)(H,33,34). The molecular formula is C60H67N7O15S2. The number of carboxylic acid groups (broad SMARTS) is 3. The van der Waals surface area contributed by atoms with Crippen LogP contribution in [0.4, 0.5) is 0 Å². The van der Waals surface area contributed by atoms with Gasteiger partial charge in [-0.25, -0.2) is 14.2 Å². The number of rotatable bonds is 16. The Morgan fingerprint density at radius 3 is 1.31 bits per heavy atom. The minimum Gasteiger partial charge on any atom is -0.497 e. The van der Waals surface area contributed by atoms with Crippen LogP contribution in [0.5, 0.6) is 11.5 Å². The van der Waals surface area contributed by atoms with E-state index in [1.54, 1.807) is 61.7 Å². The number of aliphatic carboxylic acids is 3. The van der Waals surface area contributed by atoms with Gasteiger partial charge in [0.25, 0.3) is 17.7 Å². The van der Waals surface area contributed by atoms with Gasteiger partial charge in [0.2, 0.25) is 0 Å². The van der Waals surface area contributed by atoms with Gasteiger partial charge < -0.3 is 38.8 Å². The number of benzene rings is 4. The minimum atomic E-state index is -4.07. The van der Waals surface area contributed by atoms with Crippen LogP contribution in [-0.2, 0) is 52.7 Å². The maximum Gasteiger partial charge on any atom is 0.333 e. The number of hydrogen-bond donors (Lipinski definition) is 5. The first kappa shape index (κ1) is 60.3. The summed E-state index contributed by atoms with van der Waals surface area (Å²) in [5, 5.41) is 30.8. The first-order valence-electron chi connectivity index (χ1n) is 27.5. The first-order chi connectivity index (χ1) is 39.9. The fraction of sp³-hybridized carbons (Fsp3) is 0.367. The second-order valence-corrected chi connectivity index (χ2v) is 25.5. The molecule has 2 aliphatic carbocycles. The third kappa shape index (κ3) is 12.3. The Bertz CT molecular complexity index is 3940. The van der Waals surface area contributed by atoms with Crippen molar-refractivity contribution in [2.24, 2.45) is 0 Å². The lowest BCUT2D eigenvalue weighted by Crippen LogP contribution is -2.40. The van der Waals surface area contributed by atoms with E-state index < -0.39 is 69.1 Å². The topological polar surface area (TPSA) is 293 Å². The number of aromatic nitrogens is 2. The molecule has 2 aromatic heterocycles. The van der Waals surface area contributed by atoms with Gasteiger partial charge in [-0.15, -0.1) is 0 Å². The van der Waals surface area contributed by atoms with Crippen LogP contribution < -0.4 is 18.9 Å². The highest BCUT2D eigenvalue weighted by Crippen LogP contribution is 2.49. The summed E-state index contributed by atoms with van der Waals surface area (Å²) in [6.45, 7) is -1.59. The Labute approximate surface area is 486 Å². The number of carbonyl (C=O) groups excluding carboxylic acids is 3. The number of hydrogen-bond acceptors (Lipinski definition) is 12. The quantitative estimate of drug-likeness (QED) is 0.0621. The van der Waals surface area contributed by atoms with E-state index in [1.165, 1.54) is 41.7 Å². The molecule has 0 bridgehead atoms. The van der Waals surface area contributed by atoms with Crippen LogP contribution >= 0.6 is 0 Å². The van der Waals surface area contributed by atoms with Gasteiger partial charge in [0, 0.05) is 77.8 Å². The molecule has 0 saturated heterocycles. The lowest BCUT2D eigenvalue weighted by molar-refractivity contribution is -0.147. The highest BCUT2D eigenvalue weighted by Gasteiger charge is 2.35. The van der Waals surface area contributed by atoms with Gasteiger partial charge in [-0.2, -0.15) is 25.4 Å². The van der Waals surface area contributed by atoms with Crippen molar-refractivity contribution >= 4 is 90.0 Å². The van der Waals surface area contributed by atoms with Gasteiger partial charge in [0.1, 0.15) is 24.6 Å². The van der Waals surface area contributed by atoms with E-state index in [1.807, 2.05) is 39.5 Å².